The number of carbonyl (C=O) groups is 1. The summed E-state index contributed by atoms with van der Waals surface area (Å²) in [6.45, 7) is 0. The molecule has 0 saturated heterocycles. The molecule has 0 spiro atoms. The monoisotopic (exact) mass is 544 g/mol. The van der Waals surface area contributed by atoms with Crippen LogP contribution in [-0.2, 0) is 16.0 Å². The Labute approximate surface area is 218 Å². The van der Waals surface area contributed by atoms with Crippen LogP contribution < -0.4 is 0 Å². The van der Waals surface area contributed by atoms with Gasteiger partial charge in [0.05, 0.1) is 17.9 Å². The number of aromatic amines is 1. The van der Waals surface area contributed by atoms with Crippen molar-refractivity contribution >= 4 is 28.2 Å². The third kappa shape index (κ3) is 6.32. The third-order valence-electron chi connectivity index (χ3n) is 6.30. The first-order valence-corrected chi connectivity index (χ1v) is 13.0. The van der Waals surface area contributed by atoms with Gasteiger partial charge in [0.15, 0.2) is 4.90 Å². The van der Waals surface area contributed by atoms with Crippen molar-refractivity contribution < 1.29 is 27.6 Å². The van der Waals surface area contributed by atoms with Crippen molar-refractivity contribution in [3.05, 3.63) is 60.8 Å². The van der Waals surface area contributed by atoms with E-state index in [2.05, 4.69) is 32.3 Å². The summed E-state index contributed by atoms with van der Waals surface area (Å²) < 4.78 is 46.6. The summed E-state index contributed by atoms with van der Waals surface area (Å²) in [4.78, 5) is 21.4. The minimum Gasteiger partial charge on any atom is -0.611 e. The van der Waals surface area contributed by atoms with Crippen LogP contribution >= 0.6 is 0 Å². The maximum atomic E-state index is 12.8. The molecule has 3 heterocycles. The Hall–Kier alpha value is -3.89. The van der Waals surface area contributed by atoms with E-state index in [4.69, 9.17) is 9.90 Å². The van der Waals surface area contributed by atoms with E-state index in [-0.39, 0.29) is 0 Å². The zero-order chi connectivity index (χ0) is 27.3. The van der Waals surface area contributed by atoms with Gasteiger partial charge in [-0.25, -0.2) is 14.8 Å². The average Bonchev–Trinajstić information content (AvgIpc) is 3.59. The fourth-order valence-electron chi connectivity index (χ4n) is 4.40. The molecule has 1 atom stereocenters. The van der Waals surface area contributed by atoms with Gasteiger partial charge in [-0.1, -0.05) is 12.1 Å². The van der Waals surface area contributed by atoms with Crippen LogP contribution in [0.1, 0.15) is 37.3 Å². The number of nitriles is 1. The maximum Gasteiger partial charge on any atom is 0.490 e. The van der Waals surface area contributed by atoms with Gasteiger partial charge < -0.3 is 14.6 Å². The number of hydrogen-bond donors (Lipinski definition) is 2. The molecule has 2 N–H and O–H groups in total. The predicted molar refractivity (Wildman–Crippen MR) is 132 cm³/mol. The second kappa shape index (κ2) is 11.7. The third-order valence-corrected chi connectivity index (χ3v) is 7.92. The zero-order valence-electron chi connectivity index (χ0n) is 19.9. The lowest BCUT2D eigenvalue weighted by Gasteiger charge is -2.28. The van der Waals surface area contributed by atoms with Crippen LogP contribution in [0, 0.1) is 17.2 Å². The molecule has 0 radical (unpaired) electrons. The van der Waals surface area contributed by atoms with Crippen LogP contribution in [0.2, 0.25) is 0 Å². The number of nitrogens with zero attached hydrogens (tertiary/aromatic N) is 5. The topological polar surface area (TPSA) is 144 Å². The summed E-state index contributed by atoms with van der Waals surface area (Å²) in [5, 5.41) is 22.0. The van der Waals surface area contributed by atoms with Gasteiger partial charge in [0.1, 0.15) is 29.4 Å². The van der Waals surface area contributed by atoms with Crippen molar-refractivity contribution in [2.24, 2.45) is 5.92 Å². The van der Waals surface area contributed by atoms with E-state index in [0.29, 0.717) is 28.2 Å². The number of halogens is 3. The molecule has 1 aliphatic carbocycles. The lowest BCUT2D eigenvalue weighted by molar-refractivity contribution is -0.192. The zero-order valence-corrected chi connectivity index (χ0v) is 20.7. The Bertz CT molecular complexity index is 1440. The SMILES string of the molecule is N#Cc1ccccc1[S+]([O-])C[C@H]1CC[C@@H](n2cc(-c3ncnc4[nH]ccc34)cn2)CC1.O=C(O)C(F)(F)F. The van der Waals surface area contributed by atoms with Gasteiger partial charge in [-0.2, -0.15) is 23.5 Å². The summed E-state index contributed by atoms with van der Waals surface area (Å²) in [7, 11) is 0. The molecule has 3 aromatic heterocycles. The molecule has 13 heteroatoms. The molecule has 1 aromatic carbocycles. The summed E-state index contributed by atoms with van der Waals surface area (Å²) in [5.41, 5.74) is 3.21. The maximum absolute atomic E-state index is 12.8. The molecule has 0 aliphatic heterocycles. The number of hydrogen-bond acceptors (Lipinski definition) is 6. The Kier molecular flexibility index (Phi) is 8.33. The van der Waals surface area contributed by atoms with Crippen molar-refractivity contribution in [1.29, 1.82) is 5.26 Å². The number of aliphatic carboxylic acids is 1. The summed E-state index contributed by atoms with van der Waals surface area (Å²) >= 11 is -1.14. The normalized spacial score (nSPS) is 18.3. The minimum absolute atomic E-state index is 0.341. The molecule has 1 fully saturated rings. The molecule has 198 valence electrons. The van der Waals surface area contributed by atoms with Gasteiger partial charge in [-0.15, -0.1) is 0 Å². The first-order chi connectivity index (χ1) is 18.2. The smallest absolute Gasteiger partial charge is 0.490 e. The van der Waals surface area contributed by atoms with E-state index in [1.54, 1.807) is 18.5 Å². The molecule has 0 amide bonds. The molecule has 1 saturated carbocycles. The quantitative estimate of drug-likeness (QED) is 0.341. The first kappa shape index (κ1) is 27.2. The fourth-order valence-corrected chi connectivity index (χ4v) is 5.93. The summed E-state index contributed by atoms with van der Waals surface area (Å²) in [5.74, 6) is -1.74. The van der Waals surface area contributed by atoms with Crippen LogP contribution in [0.4, 0.5) is 13.2 Å². The number of rotatable bonds is 5. The molecule has 4 aromatic rings. The molecule has 0 bridgehead atoms. The van der Waals surface area contributed by atoms with Crippen molar-refractivity contribution in [3.63, 3.8) is 0 Å². The van der Waals surface area contributed by atoms with E-state index in [1.165, 1.54) is 0 Å². The van der Waals surface area contributed by atoms with E-state index in [9.17, 15) is 23.0 Å². The van der Waals surface area contributed by atoms with Gasteiger partial charge >= 0.3 is 12.1 Å². The first-order valence-electron chi connectivity index (χ1n) is 11.7. The fraction of sp³-hybridized carbons (Fsp3) is 0.320. The summed E-state index contributed by atoms with van der Waals surface area (Å²) in [6, 6.07) is 11.7. The Balaban J connectivity index is 0.000000426. The molecular weight excluding hydrogens is 521 g/mol. The number of aromatic nitrogens is 5. The number of fused-ring (bicyclic) bond motifs is 1. The molecule has 5 rings (SSSR count). The molecule has 38 heavy (non-hydrogen) atoms. The highest BCUT2D eigenvalue weighted by molar-refractivity contribution is 7.91. The van der Waals surface area contributed by atoms with E-state index in [1.807, 2.05) is 35.3 Å². The number of H-pyrrole nitrogens is 1. The second-order valence-corrected chi connectivity index (χ2v) is 10.2. The lowest BCUT2D eigenvalue weighted by Crippen LogP contribution is -2.24. The lowest BCUT2D eigenvalue weighted by atomic mass is 9.87. The largest absolute Gasteiger partial charge is 0.611 e. The molecule has 9 nitrogen and oxygen atoms in total. The van der Waals surface area contributed by atoms with Crippen LogP contribution in [0.15, 0.2) is 60.1 Å². The van der Waals surface area contributed by atoms with Crippen LogP contribution in [-0.4, -0.2) is 52.3 Å². The highest BCUT2D eigenvalue weighted by atomic mass is 32.2. The van der Waals surface area contributed by atoms with Crippen molar-refractivity contribution in [2.45, 2.75) is 42.8 Å². The molecular formula is C25H23F3N6O3S. The van der Waals surface area contributed by atoms with E-state index in [0.717, 1.165) is 48.0 Å². The van der Waals surface area contributed by atoms with Gasteiger partial charge in [-0.3, -0.25) is 4.68 Å². The van der Waals surface area contributed by atoms with Gasteiger partial charge in [0.25, 0.3) is 0 Å². The van der Waals surface area contributed by atoms with Gasteiger partial charge in [-0.05, 0) is 55.1 Å². The van der Waals surface area contributed by atoms with Crippen LogP contribution in [0.3, 0.4) is 0 Å². The Morgan fingerprint density at radius 3 is 2.61 bits per heavy atom. The number of carboxylic acid groups (broad SMARTS) is 1. The number of benzene rings is 1. The van der Waals surface area contributed by atoms with Gasteiger partial charge in [0, 0.05) is 29.3 Å². The van der Waals surface area contributed by atoms with E-state index < -0.39 is 23.3 Å². The van der Waals surface area contributed by atoms with Crippen LogP contribution in [0.25, 0.3) is 22.3 Å². The van der Waals surface area contributed by atoms with Gasteiger partial charge in [0.2, 0.25) is 0 Å². The van der Waals surface area contributed by atoms with Crippen molar-refractivity contribution in [2.75, 3.05) is 5.75 Å². The predicted octanol–water partition coefficient (Wildman–Crippen LogP) is 4.87. The van der Waals surface area contributed by atoms with Crippen molar-refractivity contribution in [3.8, 4) is 17.3 Å². The van der Waals surface area contributed by atoms with Crippen molar-refractivity contribution in [1.82, 2.24) is 24.7 Å². The minimum atomic E-state index is -5.08. The number of alkyl halides is 3. The van der Waals surface area contributed by atoms with Crippen LogP contribution in [0.5, 0.6) is 0 Å². The molecule has 1 unspecified atom stereocenters. The second-order valence-electron chi connectivity index (χ2n) is 8.77. The van der Waals surface area contributed by atoms with E-state index >= 15 is 0 Å². The highest BCUT2D eigenvalue weighted by Crippen LogP contribution is 2.35. The Morgan fingerprint density at radius 2 is 1.92 bits per heavy atom. The summed E-state index contributed by atoms with van der Waals surface area (Å²) in [6.07, 6.45) is 6.33. The number of nitrogens with one attached hydrogen (secondary N) is 1. The standard InChI is InChI=1S/C23H22N6OS.C2HF3O2/c24-11-17-3-1-2-4-21(17)31(30)14-16-5-7-19(8-6-16)29-13-18(12-28-29)22-20-9-10-25-23(20)27-15-26-22;3-2(4,5)1(6)7/h1-4,9-10,12-13,15-16,19H,5-8,14H2,(H,25,26,27);(H,6,7)/t16-,19+,31?;. The average molecular weight is 545 g/mol. The number of carboxylic acids is 1. The Morgan fingerprint density at radius 1 is 1.21 bits per heavy atom. The molecule has 1 aliphatic rings. The highest BCUT2D eigenvalue weighted by Gasteiger charge is 2.38.